The van der Waals surface area contributed by atoms with Crippen LogP contribution in [0.25, 0.3) is 0 Å². The number of amides is 3. The fourth-order valence-corrected chi connectivity index (χ4v) is 4.28. The zero-order chi connectivity index (χ0) is 24.4. The Balaban J connectivity index is 1.53. The summed E-state index contributed by atoms with van der Waals surface area (Å²) < 4.78 is 6.19. The summed E-state index contributed by atoms with van der Waals surface area (Å²) in [7, 11) is 1.53. The van der Waals surface area contributed by atoms with Crippen molar-refractivity contribution in [1.82, 2.24) is 0 Å². The lowest BCUT2D eigenvalue weighted by Crippen LogP contribution is -2.32. The number of ether oxygens (including phenoxy) is 1. The number of halogens is 2. The van der Waals surface area contributed by atoms with Crippen molar-refractivity contribution in [1.29, 1.82) is 0 Å². The lowest BCUT2D eigenvalue weighted by atomic mass is 10.1. The Morgan fingerprint density at radius 3 is 2.41 bits per heavy atom. The number of aryl methyl sites for hydroxylation is 1. The summed E-state index contributed by atoms with van der Waals surface area (Å²) >= 11 is 8.43. The van der Waals surface area contributed by atoms with Crippen LogP contribution in [0.5, 0.6) is 5.75 Å². The SMILES string of the molecule is COc1ccc(N2C(=O)C(Cl)=C(Nc3cccc(C(=O)Nc4ccc(I)cc4C)c3)C2=O)cc1. The first kappa shape index (κ1) is 23.8. The van der Waals surface area contributed by atoms with Gasteiger partial charge in [-0.3, -0.25) is 14.4 Å². The van der Waals surface area contributed by atoms with Crippen molar-refractivity contribution in [3.05, 3.63) is 92.2 Å². The van der Waals surface area contributed by atoms with Crippen molar-refractivity contribution < 1.29 is 19.1 Å². The maximum Gasteiger partial charge on any atom is 0.283 e. The average Bonchev–Trinajstić information content (AvgIpc) is 3.04. The molecule has 0 bridgehead atoms. The van der Waals surface area contributed by atoms with Gasteiger partial charge in [-0.05, 0) is 95.7 Å². The third-order valence-electron chi connectivity index (χ3n) is 5.19. The zero-order valence-electron chi connectivity index (χ0n) is 18.2. The Bertz CT molecular complexity index is 1340. The van der Waals surface area contributed by atoms with Gasteiger partial charge in [0.05, 0.1) is 12.8 Å². The van der Waals surface area contributed by atoms with Gasteiger partial charge in [0.1, 0.15) is 16.5 Å². The van der Waals surface area contributed by atoms with Crippen LogP contribution in [-0.4, -0.2) is 24.8 Å². The van der Waals surface area contributed by atoms with Crippen molar-refractivity contribution in [2.45, 2.75) is 6.92 Å². The summed E-state index contributed by atoms with van der Waals surface area (Å²) in [4.78, 5) is 39.5. The second-order valence-corrected chi connectivity index (χ2v) is 9.08. The molecule has 3 amide bonds. The van der Waals surface area contributed by atoms with Crippen LogP contribution in [0.3, 0.4) is 0 Å². The number of benzene rings is 3. The monoisotopic (exact) mass is 587 g/mol. The van der Waals surface area contributed by atoms with Gasteiger partial charge in [-0.1, -0.05) is 17.7 Å². The number of anilines is 3. The van der Waals surface area contributed by atoms with E-state index in [0.717, 1.165) is 14.0 Å². The quantitative estimate of drug-likeness (QED) is 0.302. The molecule has 3 aromatic rings. The van der Waals surface area contributed by atoms with Crippen LogP contribution in [0, 0.1) is 10.5 Å². The van der Waals surface area contributed by atoms with Crippen molar-refractivity contribution in [3.8, 4) is 5.75 Å². The fraction of sp³-hybridized carbons (Fsp3) is 0.0800. The first-order valence-electron chi connectivity index (χ1n) is 10.2. The van der Waals surface area contributed by atoms with E-state index >= 15 is 0 Å². The van der Waals surface area contributed by atoms with Gasteiger partial charge in [-0.2, -0.15) is 0 Å². The van der Waals surface area contributed by atoms with Crippen molar-refractivity contribution in [2.75, 3.05) is 22.6 Å². The van der Waals surface area contributed by atoms with Gasteiger partial charge in [0.25, 0.3) is 17.7 Å². The molecule has 1 heterocycles. The van der Waals surface area contributed by atoms with E-state index in [1.165, 1.54) is 7.11 Å². The molecular weight excluding hydrogens is 569 g/mol. The molecule has 0 unspecified atom stereocenters. The molecular formula is C25H19ClIN3O4. The summed E-state index contributed by atoms with van der Waals surface area (Å²) in [5.41, 5.74) is 2.78. The maximum absolute atomic E-state index is 13.0. The van der Waals surface area contributed by atoms with E-state index in [9.17, 15) is 14.4 Å². The molecule has 4 rings (SSSR count). The van der Waals surface area contributed by atoms with E-state index in [4.69, 9.17) is 16.3 Å². The minimum Gasteiger partial charge on any atom is -0.497 e. The van der Waals surface area contributed by atoms with Gasteiger partial charge < -0.3 is 15.4 Å². The predicted octanol–water partition coefficient (Wildman–Crippen LogP) is 5.30. The molecule has 3 aromatic carbocycles. The van der Waals surface area contributed by atoms with Crippen LogP contribution in [0.1, 0.15) is 15.9 Å². The number of rotatable bonds is 6. The van der Waals surface area contributed by atoms with Crippen LogP contribution in [0.4, 0.5) is 17.1 Å². The van der Waals surface area contributed by atoms with E-state index in [0.29, 0.717) is 28.4 Å². The van der Waals surface area contributed by atoms with Gasteiger partial charge >= 0.3 is 0 Å². The molecule has 0 fully saturated rings. The van der Waals surface area contributed by atoms with Crippen LogP contribution in [0.2, 0.25) is 0 Å². The minimum atomic E-state index is -0.637. The molecule has 2 N–H and O–H groups in total. The highest BCUT2D eigenvalue weighted by molar-refractivity contribution is 14.1. The molecule has 1 aliphatic heterocycles. The fourth-order valence-electron chi connectivity index (χ4n) is 3.42. The molecule has 0 aliphatic carbocycles. The Kier molecular flexibility index (Phi) is 6.90. The Hall–Kier alpha value is -3.37. The molecule has 0 saturated heterocycles. The number of carbonyl (C=O) groups is 3. The maximum atomic E-state index is 13.0. The topological polar surface area (TPSA) is 87.7 Å². The van der Waals surface area contributed by atoms with Gasteiger partial charge in [0, 0.05) is 20.5 Å². The van der Waals surface area contributed by atoms with Gasteiger partial charge in [-0.15, -0.1) is 0 Å². The molecule has 172 valence electrons. The summed E-state index contributed by atoms with van der Waals surface area (Å²) in [5.74, 6) is -0.940. The average molecular weight is 588 g/mol. The van der Waals surface area contributed by atoms with Crippen molar-refractivity contribution in [2.24, 2.45) is 0 Å². The second-order valence-electron chi connectivity index (χ2n) is 7.45. The van der Waals surface area contributed by atoms with Crippen LogP contribution in [-0.2, 0) is 9.59 Å². The summed E-state index contributed by atoms with van der Waals surface area (Å²) in [5, 5.41) is 5.56. The number of hydrogen-bond donors (Lipinski definition) is 2. The molecule has 34 heavy (non-hydrogen) atoms. The van der Waals surface area contributed by atoms with Gasteiger partial charge in [-0.25, -0.2) is 4.90 Å². The lowest BCUT2D eigenvalue weighted by Gasteiger charge is -2.15. The van der Waals surface area contributed by atoms with Crippen LogP contribution < -0.4 is 20.3 Å². The third-order valence-corrected chi connectivity index (χ3v) is 6.21. The first-order chi connectivity index (χ1) is 16.3. The van der Waals surface area contributed by atoms with Crippen LogP contribution >= 0.6 is 34.2 Å². The number of imide groups is 1. The summed E-state index contributed by atoms with van der Waals surface area (Å²) in [6.45, 7) is 1.92. The Morgan fingerprint density at radius 2 is 1.74 bits per heavy atom. The molecule has 1 aliphatic rings. The highest BCUT2D eigenvalue weighted by atomic mass is 127. The summed E-state index contributed by atoms with van der Waals surface area (Å²) in [6.07, 6.45) is 0. The predicted molar refractivity (Wildman–Crippen MR) is 140 cm³/mol. The van der Waals surface area contributed by atoms with Gasteiger partial charge in [0.15, 0.2) is 0 Å². The van der Waals surface area contributed by atoms with E-state index in [2.05, 4.69) is 33.2 Å². The lowest BCUT2D eigenvalue weighted by molar-refractivity contribution is -0.120. The van der Waals surface area contributed by atoms with E-state index < -0.39 is 11.8 Å². The number of nitrogens with zero attached hydrogens (tertiary/aromatic N) is 1. The molecule has 0 saturated carbocycles. The molecule has 9 heteroatoms. The smallest absolute Gasteiger partial charge is 0.283 e. The van der Waals surface area contributed by atoms with Crippen molar-refractivity contribution in [3.63, 3.8) is 0 Å². The highest BCUT2D eigenvalue weighted by Crippen LogP contribution is 2.31. The van der Waals surface area contributed by atoms with E-state index in [1.807, 2.05) is 25.1 Å². The number of nitrogens with one attached hydrogen (secondary N) is 2. The summed E-state index contributed by atoms with van der Waals surface area (Å²) in [6, 6.07) is 18.8. The van der Waals surface area contributed by atoms with Crippen LogP contribution in [0.15, 0.2) is 77.5 Å². The third kappa shape index (κ3) is 4.78. The van der Waals surface area contributed by atoms with Crippen molar-refractivity contribution >= 4 is 69.0 Å². The van der Waals surface area contributed by atoms with E-state index in [1.54, 1.807) is 48.5 Å². The number of methoxy groups -OCH3 is 1. The number of hydrogen-bond acceptors (Lipinski definition) is 5. The first-order valence-corrected chi connectivity index (χ1v) is 11.6. The largest absolute Gasteiger partial charge is 0.497 e. The molecule has 0 atom stereocenters. The highest BCUT2D eigenvalue weighted by Gasteiger charge is 2.39. The standard InChI is InChI=1S/C25H19ClIN3O4/c1-14-12-16(27)6-11-20(14)29-23(31)15-4-3-5-17(13-15)28-22-21(26)24(32)30(25(22)33)18-7-9-19(34-2)10-8-18/h3-13,28H,1-2H3,(H,29,31). The Labute approximate surface area is 214 Å². The molecule has 0 aromatic heterocycles. The zero-order valence-corrected chi connectivity index (χ0v) is 21.1. The minimum absolute atomic E-state index is 0.0616. The van der Waals surface area contributed by atoms with E-state index in [-0.39, 0.29) is 16.6 Å². The molecule has 0 spiro atoms. The second kappa shape index (κ2) is 9.86. The van der Waals surface area contributed by atoms with Gasteiger partial charge in [0.2, 0.25) is 0 Å². The molecule has 0 radical (unpaired) electrons. The normalized spacial score (nSPS) is 13.4. The number of carbonyl (C=O) groups excluding carboxylic acids is 3. The Morgan fingerprint density at radius 1 is 1.00 bits per heavy atom. The molecule has 7 nitrogen and oxygen atoms in total.